The first kappa shape index (κ1) is 32.7. The number of aliphatic carboxylic acids is 1. The van der Waals surface area contributed by atoms with Gasteiger partial charge < -0.3 is 14.5 Å². The van der Waals surface area contributed by atoms with Crippen LogP contribution in [0.2, 0.25) is 0 Å². The molecule has 0 aliphatic rings. The van der Waals surface area contributed by atoms with Crippen molar-refractivity contribution < 1.29 is 86.2 Å². The monoisotopic (exact) mass is 422 g/mol. The van der Waals surface area contributed by atoms with Crippen molar-refractivity contribution in [3.05, 3.63) is 12.2 Å². The Hall–Kier alpha value is 1.08. The fourth-order valence-electron chi connectivity index (χ4n) is 2.60. The predicted molar refractivity (Wildman–Crippen MR) is 94.4 cm³/mol. The summed E-state index contributed by atoms with van der Waals surface area (Å²) in [4.78, 5) is 10.3. The maximum absolute atomic E-state index is 10.8. The second kappa shape index (κ2) is 21.8. The first-order valence-electron chi connectivity index (χ1n) is 9.34. The van der Waals surface area contributed by atoms with Gasteiger partial charge in [-0.25, -0.2) is 8.42 Å². The Morgan fingerprint density at radius 1 is 0.963 bits per heavy atom. The molecule has 0 aliphatic heterocycles. The van der Waals surface area contributed by atoms with E-state index in [1.165, 1.54) is 0 Å². The van der Waals surface area contributed by atoms with Gasteiger partial charge in [-0.15, -0.1) is 0 Å². The van der Waals surface area contributed by atoms with Crippen LogP contribution in [0.15, 0.2) is 12.2 Å². The number of hydrogen-bond acceptors (Lipinski definition) is 6. The second-order valence-corrected chi connectivity index (χ2v) is 7.37. The largest absolute Gasteiger partial charge is 1.00 e. The van der Waals surface area contributed by atoms with Crippen LogP contribution in [-0.2, 0) is 19.4 Å². The van der Waals surface area contributed by atoms with Gasteiger partial charge in [0, 0.05) is 5.97 Å². The third kappa shape index (κ3) is 27.1. The molecule has 6 nitrogen and oxygen atoms in total. The van der Waals surface area contributed by atoms with Crippen LogP contribution in [0.3, 0.4) is 0 Å². The van der Waals surface area contributed by atoms with Gasteiger partial charge in [-0.3, -0.25) is 4.18 Å². The summed E-state index contributed by atoms with van der Waals surface area (Å²) in [6.07, 6.45) is 14.0. The van der Waals surface area contributed by atoms with Crippen LogP contribution < -0.4 is 64.2 Å². The van der Waals surface area contributed by atoms with Crippen molar-refractivity contribution in [1.29, 1.82) is 0 Å². The number of hydrogen-bond donors (Lipinski definition) is 0. The Labute approximate surface area is 209 Å². The van der Waals surface area contributed by atoms with E-state index in [1.54, 1.807) is 0 Å². The number of carboxylic acid groups (broad SMARTS) is 1. The number of carbonyl (C=O) groups is 1. The van der Waals surface area contributed by atoms with Crippen molar-refractivity contribution in [2.45, 2.75) is 96.5 Å². The summed E-state index contributed by atoms with van der Waals surface area (Å²) in [5, 5.41) is 10.3. The molecule has 0 aromatic rings. The zero-order valence-electron chi connectivity index (χ0n) is 17.3. The van der Waals surface area contributed by atoms with Gasteiger partial charge in [-0.2, -0.15) is 0 Å². The van der Waals surface area contributed by atoms with Gasteiger partial charge in [-0.1, -0.05) is 64.0 Å². The van der Waals surface area contributed by atoms with E-state index in [0.29, 0.717) is 19.3 Å². The van der Waals surface area contributed by atoms with E-state index in [1.807, 2.05) is 12.2 Å². The molecule has 0 saturated heterocycles. The molecule has 0 aromatic heterocycles. The average Bonchev–Trinajstić information content (AvgIpc) is 2.51. The van der Waals surface area contributed by atoms with Crippen LogP contribution in [0.4, 0.5) is 0 Å². The minimum absolute atomic E-state index is 0. The van der Waals surface area contributed by atoms with Gasteiger partial charge in [0.15, 0.2) is 0 Å². The van der Waals surface area contributed by atoms with E-state index in [0.717, 1.165) is 57.8 Å². The minimum atomic E-state index is -4.66. The normalized spacial score (nSPS) is 12.4. The third-order valence-electron chi connectivity index (χ3n) is 3.95. The van der Waals surface area contributed by atoms with Crippen LogP contribution in [0.25, 0.3) is 0 Å². The molecule has 0 spiro atoms. The van der Waals surface area contributed by atoms with Gasteiger partial charge in [-0.05, 0) is 38.5 Å². The summed E-state index contributed by atoms with van der Waals surface area (Å²) < 4.78 is 37.0. The van der Waals surface area contributed by atoms with Gasteiger partial charge in [0.2, 0.25) is 10.4 Å². The first-order valence-corrected chi connectivity index (χ1v) is 10.7. The molecule has 0 rings (SSSR count). The molecule has 0 N–H and O–H groups in total. The summed E-state index contributed by atoms with van der Waals surface area (Å²) >= 11 is 0. The summed E-state index contributed by atoms with van der Waals surface area (Å²) in [6, 6.07) is 0. The number of unbranched alkanes of at least 4 members (excludes halogenated alkanes) is 8. The standard InChI is InChI=1S/C18H34O6S.2Na/c1-2-3-4-11-14-17(24-25(21,22)23)15-12-9-7-5-6-8-10-13-16-18(19)20;;/h9,12,17H,2-8,10-11,13-16H2,1H3,(H,19,20)(H,21,22,23);;/q;2*+1/p-2/b12-9-;;/t17-;;/m1../s1. The van der Waals surface area contributed by atoms with E-state index in [4.69, 9.17) is 0 Å². The molecule has 0 fully saturated rings. The molecule has 0 aromatic carbocycles. The summed E-state index contributed by atoms with van der Waals surface area (Å²) in [7, 11) is -4.66. The van der Waals surface area contributed by atoms with Crippen LogP contribution in [0.5, 0.6) is 0 Å². The fourth-order valence-corrected chi connectivity index (χ4v) is 3.11. The van der Waals surface area contributed by atoms with Crippen LogP contribution in [-0.4, -0.2) is 25.0 Å². The number of allylic oxidation sites excluding steroid dienone is 1. The number of carboxylic acids is 1. The van der Waals surface area contributed by atoms with E-state index in [2.05, 4.69) is 11.1 Å². The Bertz CT molecular complexity index is 468. The molecule has 148 valence electrons. The Morgan fingerprint density at radius 3 is 2.15 bits per heavy atom. The van der Waals surface area contributed by atoms with Gasteiger partial charge in [0.1, 0.15) is 0 Å². The maximum Gasteiger partial charge on any atom is 1.00 e. The maximum atomic E-state index is 10.8. The second-order valence-electron chi connectivity index (χ2n) is 6.36. The van der Waals surface area contributed by atoms with Crippen molar-refractivity contribution >= 4 is 16.4 Å². The van der Waals surface area contributed by atoms with Gasteiger partial charge in [0.25, 0.3) is 0 Å². The summed E-state index contributed by atoms with van der Waals surface area (Å²) in [5.74, 6) is -0.991. The summed E-state index contributed by atoms with van der Waals surface area (Å²) in [5.41, 5.74) is 0. The zero-order chi connectivity index (χ0) is 19.0. The number of rotatable bonds is 17. The molecule has 27 heavy (non-hydrogen) atoms. The molecule has 1 atom stereocenters. The van der Waals surface area contributed by atoms with Crippen LogP contribution in [0, 0.1) is 0 Å². The van der Waals surface area contributed by atoms with E-state index >= 15 is 0 Å². The van der Waals surface area contributed by atoms with Crippen molar-refractivity contribution in [2.24, 2.45) is 0 Å². The van der Waals surface area contributed by atoms with Crippen molar-refractivity contribution in [1.82, 2.24) is 0 Å². The fraction of sp³-hybridized carbons (Fsp3) is 0.833. The quantitative estimate of drug-likeness (QED) is 0.0826. The molecule has 0 unspecified atom stereocenters. The molecule has 0 aliphatic carbocycles. The molecule has 0 saturated carbocycles. The van der Waals surface area contributed by atoms with E-state index < -0.39 is 22.5 Å². The van der Waals surface area contributed by atoms with Crippen molar-refractivity contribution in [3.8, 4) is 0 Å². The smallest absolute Gasteiger partial charge is 0.726 e. The molecule has 0 heterocycles. The predicted octanol–water partition coefficient (Wildman–Crippen LogP) is -2.76. The zero-order valence-corrected chi connectivity index (χ0v) is 22.1. The first-order chi connectivity index (χ1) is 11.8. The van der Waals surface area contributed by atoms with Crippen molar-refractivity contribution in [3.63, 3.8) is 0 Å². The molecular weight excluding hydrogens is 390 g/mol. The van der Waals surface area contributed by atoms with Gasteiger partial charge in [0.05, 0.1) is 6.10 Å². The average molecular weight is 422 g/mol. The molecule has 0 amide bonds. The Morgan fingerprint density at radius 2 is 1.56 bits per heavy atom. The summed E-state index contributed by atoms with van der Waals surface area (Å²) in [6.45, 7) is 2.10. The Balaban J connectivity index is -0.00000288. The topological polar surface area (TPSA) is 107 Å². The molecule has 0 radical (unpaired) electrons. The third-order valence-corrected chi connectivity index (χ3v) is 4.46. The van der Waals surface area contributed by atoms with Crippen LogP contribution >= 0.6 is 0 Å². The molecule has 9 heteroatoms. The number of carbonyl (C=O) groups excluding carboxylic acids is 1. The minimum Gasteiger partial charge on any atom is -0.726 e. The molecular formula is C18H32Na2O6S. The Kier molecular flexibility index (Phi) is 26.4. The van der Waals surface area contributed by atoms with E-state index in [9.17, 15) is 22.9 Å². The molecule has 0 bridgehead atoms. The van der Waals surface area contributed by atoms with E-state index in [-0.39, 0.29) is 65.5 Å². The van der Waals surface area contributed by atoms with Crippen LogP contribution in [0.1, 0.15) is 90.4 Å². The SMILES string of the molecule is CCCCCC[C@H](C/C=C\CCCCCCCC(=O)[O-])OS(=O)(=O)[O-].[Na+].[Na+]. The van der Waals surface area contributed by atoms with Gasteiger partial charge >= 0.3 is 59.1 Å². The van der Waals surface area contributed by atoms with Crippen molar-refractivity contribution in [2.75, 3.05) is 0 Å².